The maximum atomic E-state index is 13.1. The molecular formula is C20H16ClF5N4O2. The van der Waals surface area contributed by atoms with Crippen LogP contribution in [0.15, 0.2) is 48.5 Å². The van der Waals surface area contributed by atoms with Gasteiger partial charge >= 0.3 is 12.1 Å². The summed E-state index contributed by atoms with van der Waals surface area (Å²) in [5.41, 5.74) is 6.42. The molecule has 0 saturated heterocycles. The molecule has 3 aromatic rings. The van der Waals surface area contributed by atoms with Gasteiger partial charge in [-0.05, 0) is 23.8 Å². The van der Waals surface area contributed by atoms with E-state index in [9.17, 15) is 26.7 Å². The van der Waals surface area contributed by atoms with Gasteiger partial charge in [0.1, 0.15) is 6.61 Å². The number of hydrogen-bond acceptors (Lipinski definition) is 4. The number of nitrogens with zero attached hydrogens (tertiary/aromatic N) is 3. The molecule has 2 aromatic carbocycles. The van der Waals surface area contributed by atoms with Gasteiger partial charge in [-0.3, -0.25) is 4.79 Å². The highest BCUT2D eigenvalue weighted by Gasteiger charge is 2.57. The Morgan fingerprint density at radius 1 is 1.09 bits per heavy atom. The molecule has 2 N–H and O–H groups in total. The SMILES string of the molecule is NC(=O)Cc1nc(-c2ccccc2)n(-c2ccc(Cl)c(COCC(F)(F)C(F)(F)F)c2)n1. The Balaban J connectivity index is 1.92. The Morgan fingerprint density at radius 3 is 2.41 bits per heavy atom. The van der Waals surface area contributed by atoms with Crippen molar-refractivity contribution in [2.24, 2.45) is 5.73 Å². The zero-order valence-corrected chi connectivity index (χ0v) is 17.0. The van der Waals surface area contributed by atoms with Gasteiger partial charge in [-0.1, -0.05) is 41.9 Å². The van der Waals surface area contributed by atoms with Crippen molar-refractivity contribution in [3.63, 3.8) is 0 Å². The summed E-state index contributed by atoms with van der Waals surface area (Å²) in [7, 11) is 0. The minimum absolute atomic E-state index is 0.0998. The number of ether oxygens (including phenoxy) is 1. The number of aromatic nitrogens is 3. The first-order chi connectivity index (χ1) is 15.0. The van der Waals surface area contributed by atoms with Crippen LogP contribution in [0.4, 0.5) is 22.0 Å². The van der Waals surface area contributed by atoms with E-state index in [-0.39, 0.29) is 22.8 Å². The molecule has 0 saturated carbocycles. The standard InChI is InChI=1S/C20H16ClF5N4O2/c21-15-7-6-14(8-13(15)10-32-11-19(22,23)20(24,25)26)30-18(12-4-2-1-3-5-12)28-17(29-30)9-16(27)31/h1-8H,9-11H2,(H2,27,31). The Hall–Kier alpha value is -3.05. The second-order valence-electron chi connectivity index (χ2n) is 6.74. The van der Waals surface area contributed by atoms with Gasteiger partial charge in [-0.25, -0.2) is 9.67 Å². The quantitative estimate of drug-likeness (QED) is 0.493. The Kier molecular flexibility index (Phi) is 6.79. The minimum Gasteiger partial charge on any atom is -0.370 e. The number of halogens is 6. The molecule has 0 fully saturated rings. The van der Waals surface area contributed by atoms with Crippen LogP contribution in [0.1, 0.15) is 11.4 Å². The molecular weight excluding hydrogens is 459 g/mol. The van der Waals surface area contributed by atoms with Crippen LogP contribution in [-0.4, -0.2) is 39.4 Å². The van der Waals surface area contributed by atoms with Gasteiger partial charge in [-0.2, -0.15) is 27.1 Å². The van der Waals surface area contributed by atoms with Crippen molar-refractivity contribution < 1.29 is 31.5 Å². The van der Waals surface area contributed by atoms with Crippen molar-refractivity contribution in [1.29, 1.82) is 0 Å². The van der Waals surface area contributed by atoms with Crippen molar-refractivity contribution in [3.05, 3.63) is 64.9 Å². The third-order valence-corrected chi connectivity index (χ3v) is 4.61. The van der Waals surface area contributed by atoms with E-state index in [1.165, 1.54) is 16.8 Å². The van der Waals surface area contributed by atoms with E-state index in [1.54, 1.807) is 36.4 Å². The minimum atomic E-state index is -5.72. The summed E-state index contributed by atoms with van der Waals surface area (Å²) >= 11 is 6.06. The lowest BCUT2D eigenvalue weighted by Crippen LogP contribution is -2.40. The van der Waals surface area contributed by atoms with E-state index >= 15 is 0 Å². The molecule has 0 aliphatic carbocycles. The third-order valence-electron chi connectivity index (χ3n) is 4.24. The lowest BCUT2D eigenvalue weighted by atomic mass is 10.2. The van der Waals surface area contributed by atoms with Crippen molar-refractivity contribution in [3.8, 4) is 17.1 Å². The highest BCUT2D eigenvalue weighted by molar-refractivity contribution is 6.31. The van der Waals surface area contributed by atoms with Crippen LogP contribution >= 0.6 is 11.6 Å². The van der Waals surface area contributed by atoms with E-state index in [4.69, 9.17) is 17.3 Å². The molecule has 6 nitrogen and oxygen atoms in total. The number of hydrogen-bond donors (Lipinski definition) is 1. The van der Waals surface area contributed by atoms with E-state index in [0.29, 0.717) is 17.1 Å². The third kappa shape index (κ3) is 5.40. The fraction of sp³-hybridized carbons (Fsp3) is 0.250. The second-order valence-corrected chi connectivity index (χ2v) is 7.15. The molecule has 0 unspecified atom stereocenters. The molecule has 1 amide bonds. The van der Waals surface area contributed by atoms with E-state index in [0.717, 1.165) is 0 Å². The second kappa shape index (κ2) is 9.21. The van der Waals surface area contributed by atoms with Gasteiger partial charge in [0.05, 0.1) is 18.7 Å². The fourth-order valence-corrected chi connectivity index (χ4v) is 2.89. The van der Waals surface area contributed by atoms with Crippen LogP contribution in [0.2, 0.25) is 5.02 Å². The summed E-state index contributed by atoms with van der Waals surface area (Å²) < 4.78 is 69.1. The molecule has 0 spiro atoms. The van der Waals surface area contributed by atoms with Gasteiger partial charge in [0.25, 0.3) is 0 Å². The van der Waals surface area contributed by atoms with Crippen molar-refractivity contribution in [2.75, 3.05) is 6.61 Å². The van der Waals surface area contributed by atoms with Crippen LogP contribution in [0.5, 0.6) is 0 Å². The number of carbonyl (C=O) groups excluding carboxylic acids is 1. The van der Waals surface area contributed by atoms with Crippen LogP contribution in [0, 0.1) is 0 Å². The lowest BCUT2D eigenvalue weighted by molar-refractivity contribution is -0.297. The van der Waals surface area contributed by atoms with Crippen LogP contribution < -0.4 is 5.73 Å². The summed E-state index contributed by atoms with van der Waals surface area (Å²) in [6.45, 7) is -2.44. The first-order valence-corrected chi connectivity index (χ1v) is 9.46. The first-order valence-electron chi connectivity index (χ1n) is 9.09. The molecule has 0 aliphatic rings. The monoisotopic (exact) mass is 474 g/mol. The zero-order chi connectivity index (χ0) is 23.5. The molecule has 0 bridgehead atoms. The number of benzene rings is 2. The molecule has 12 heteroatoms. The zero-order valence-electron chi connectivity index (χ0n) is 16.2. The number of alkyl halides is 5. The van der Waals surface area contributed by atoms with Crippen LogP contribution in [0.3, 0.4) is 0 Å². The van der Waals surface area contributed by atoms with Gasteiger partial charge in [0, 0.05) is 10.6 Å². The van der Waals surface area contributed by atoms with Gasteiger partial charge in [0.15, 0.2) is 11.6 Å². The summed E-state index contributed by atoms with van der Waals surface area (Å²) in [5, 5.41) is 4.37. The number of nitrogens with two attached hydrogens (primary N) is 1. The van der Waals surface area contributed by atoms with Gasteiger partial charge in [0.2, 0.25) is 5.91 Å². The Morgan fingerprint density at radius 2 is 1.78 bits per heavy atom. The van der Waals surface area contributed by atoms with E-state index in [2.05, 4.69) is 14.8 Å². The van der Waals surface area contributed by atoms with E-state index < -0.39 is 31.2 Å². The Labute approximate surface area is 183 Å². The van der Waals surface area contributed by atoms with Crippen molar-refractivity contribution in [2.45, 2.75) is 25.1 Å². The lowest BCUT2D eigenvalue weighted by Gasteiger charge is -2.19. The topological polar surface area (TPSA) is 83.0 Å². The fourth-order valence-electron chi connectivity index (χ4n) is 2.71. The largest absolute Gasteiger partial charge is 0.455 e. The summed E-state index contributed by atoms with van der Waals surface area (Å²) in [5.74, 6) is -5.13. The Bertz CT molecular complexity index is 1100. The highest BCUT2D eigenvalue weighted by Crippen LogP contribution is 2.36. The van der Waals surface area contributed by atoms with E-state index in [1.807, 2.05) is 0 Å². The predicted octanol–water partition coefficient (Wildman–Crippen LogP) is 4.33. The molecule has 0 radical (unpaired) electrons. The smallest absolute Gasteiger partial charge is 0.370 e. The van der Waals surface area contributed by atoms with Gasteiger partial charge < -0.3 is 10.5 Å². The molecule has 170 valence electrons. The predicted molar refractivity (Wildman–Crippen MR) is 105 cm³/mol. The molecule has 32 heavy (non-hydrogen) atoms. The summed E-state index contributed by atoms with van der Waals surface area (Å²) in [4.78, 5) is 15.6. The van der Waals surface area contributed by atoms with Crippen molar-refractivity contribution in [1.82, 2.24) is 14.8 Å². The highest BCUT2D eigenvalue weighted by atomic mass is 35.5. The van der Waals surface area contributed by atoms with Crippen LogP contribution in [-0.2, 0) is 22.6 Å². The number of primary amides is 1. The molecule has 0 atom stereocenters. The van der Waals surface area contributed by atoms with Crippen LogP contribution in [0.25, 0.3) is 17.1 Å². The number of rotatable bonds is 8. The number of amides is 1. The maximum Gasteiger partial charge on any atom is 0.455 e. The molecule has 1 aromatic heterocycles. The van der Waals surface area contributed by atoms with Crippen molar-refractivity contribution >= 4 is 17.5 Å². The molecule has 3 rings (SSSR count). The maximum absolute atomic E-state index is 13.1. The normalized spacial score (nSPS) is 12.2. The van der Waals surface area contributed by atoms with Gasteiger partial charge in [-0.15, -0.1) is 0 Å². The summed E-state index contributed by atoms with van der Waals surface area (Å²) in [6, 6.07) is 13.2. The molecule has 1 heterocycles. The number of carbonyl (C=O) groups is 1. The average molecular weight is 475 g/mol. The first kappa shape index (κ1) is 23.6. The average Bonchev–Trinajstić information content (AvgIpc) is 3.12. The summed E-state index contributed by atoms with van der Waals surface area (Å²) in [6.07, 6.45) is -5.94. The molecule has 0 aliphatic heterocycles.